The molecule has 1 aromatic rings. The maximum atomic E-state index is 12.7. The average Bonchev–Trinajstić information content (AvgIpc) is 2.82. The van der Waals surface area contributed by atoms with Crippen LogP contribution in [0.5, 0.6) is 11.5 Å². The van der Waals surface area contributed by atoms with Crippen molar-refractivity contribution < 1.29 is 44.5 Å². The smallest absolute Gasteiger partial charge is 0.339 e. The Bertz CT molecular complexity index is 1060. The minimum Gasteiger partial charge on any atom is -0.487 e. The molecule has 204 valence electrons. The van der Waals surface area contributed by atoms with E-state index in [1.807, 2.05) is 20.8 Å². The van der Waals surface area contributed by atoms with Crippen molar-refractivity contribution in [1.82, 2.24) is 0 Å². The number of carbonyl (C=O) groups is 1. The van der Waals surface area contributed by atoms with Crippen LogP contribution in [0.15, 0.2) is 30.4 Å². The molecule has 0 spiro atoms. The molecular formula is C28H38O9. The molecule has 0 aromatic heterocycles. The van der Waals surface area contributed by atoms with Crippen molar-refractivity contribution in [2.24, 2.45) is 11.8 Å². The maximum Gasteiger partial charge on any atom is 0.339 e. The molecule has 4 rings (SSSR count). The van der Waals surface area contributed by atoms with E-state index in [1.54, 1.807) is 12.1 Å². The fourth-order valence-corrected chi connectivity index (χ4v) is 5.91. The van der Waals surface area contributed by atoms with E-state index in [4.69, 9.17) is 14.2 Å². The summed E-state index contributed by atoms with van der Waals surface area (Å²) in [5.74, 6) is -1.91. The third-order valence-electron chi connectivity index (χ3n) is 7.93. The molecule has 0 radical (unpaired) electrons. The van der Waals surface area contributed by atoms with Crippen LogP contribution in [0.2, 0.25) is 0 Å². The molecule has 0 amide bonds. The highest BCUT2D eigenvalue weighted by Gasteiger charge is 2.49. The van der Waals surface area contributed by atoms with Crippen molar-refractivity contribution in [3.63, 3.8) is 0 Å². The lowest BCUT2D eigenvalue weighted by Crippen LogP contribution is -2.57. The van der Waals surface area contributed by atoms with Gasteiger partial charge >= 0.3 is 5.97 Å². The first-order chi connectivity index (χ1) is 17.5. The normalized spacial score (nSPS) is 32.4. The van der Waals surface area contributed by atoms with E-state index < -0.39 is 48.9 Å². The Morgan fingerprint density at radius 3 is 2.65 bits per heavy atom. The predicted molar refractivity (Wildman–Crippen MR) is 135 cm³/mol. The van der Waals surface area contributed by atoms with Gasteiger partial charge in [-0.05, 0) is 64.5 Å². The third kappa shape index (κ3) is 5.15. The van der Waals surface area contributed by atoms with Gasteiger partial charge in [0, 0.05) is 17.4 Å². The fourth-order valence-electron chi connectivity index (χ4n) is 5.91. The minimum atomic E-state index is -1.78. The van der Waals surface area contributed by atoms with E-state index in [0.29, 0.717) is 36.1 Å². The van der Waals surface area contributed by atoms with Crippen LogP contribution < -0.4 is 9.47 Å². The van der Waals surface area contributed by atoms with Gasteiger partial charge < -0.3 is 39.7 Å². The largest absolute Gasteiger partial charge is 0.487 e. The second-order valence-electron chi connectivity index (χ2n) is 10.9. The first kappa shape index (κ1) is 27.6. The van der Waals surface area contributed by atoms with Crippen molar-refractivity contribution in [3.05, 3.63) is 47.1 Å². The zero-order valence-corrected chi connectivity index (χ0v) is 21.6. The van der Waals surface area contributed by atoms with Gasteiger partial charge in [0.2, 0.25) is 6.29 Å². The van der Waals surface area contributed by atoms with Gasteiger partial charge in [-0.15, -0.1) is 6.58 Å². The number of ether oxygens (including phenoxy) is 3. The molecule has 1 aliphatic carbocycles. The number of hydrogen-bond acceptors (Lipinski definition) is 8. The molecule has 0 saturated carbocycles. The summed E-state index contributed by atoms with van der Waals surface area (Å²) in [7, 11) is 0. The summed E-state index contributed by atoms with van der Waals surface area (Å²) in [6.45, 7) is 9.23. The summed E-state index contributed by atoms with van der Waals surface area (Å²) >= 11 is 0. The van der Waals surface area contributed by atoms with E-state index in [2.05, 4.69) is 12.7 Å². The number of allylic oxidation sites excluding steroid dienone is 3. The Kier molecular flexibility index (Phi) is 8.02. The van der Waals surface area contributed by atoms with Crippen molar-refractivity contribution in [1.29, 1.82) is 0 Å². The molecule has 37 heavy (non-hydrogen) atoms. The lowest BCUT2D eigenvalue weighted by atomic mass is 9.67. The summed E-state index contributed by atoms with van der Waals surface area (Å²) in [4.78, 5) is 12.7. The molecule has 2 heterocycles. The Balaban J connectivity index is 1.91. The van der Waals surface area contributed by atoms with Gasteiger partial charge in [-0.25, -0.2) is 4.79 Å². The van der Waals surface area contributed by atoms with Crippen LogP contribution in [0.4, 0.5) is 0 Å². The number of unbranched alkanes of at least 4 members (excludes halogenated alkanes) is 1. The molecular weight excluding hydrogens is 480 g/mol. The van der Waals surface area contributed by atoms with Crippen LogP contribution in [0, 0.1) is 11.8 Å². The van der Waals surface area contributed by atoms with Crippen LogP contribution in [0.25, 0.3) is 0 Å². The zero-order chi connectivity index (χ0) is 27.1. The van der Waals surface area contributed by atoms with Gasteiger partial charge in [-0.1, -0.05) is 17.7 Å². The number of fused-ring (bicyclic) bond motifs is 3. The molecule has 1 saturated heterocycles. The standard InChI is InChI=1S/C28H38O9/c1-5-6-7-8-15-12-19-21(16-11-14(2)9-10-18(16)28(3,4)37-19)24(20(15)25(32)33)35-27-17(13-29)22(30)23(31)26(34)36-27/h5,11-12,16-18,22-23,26-27,29-31,34H,1,6-10,13H2,2-4H3,(H,32,33)/t16-,17-,18-,22-,23+,26+,27?/m1/s1. The number of aryl methyl sites for hydroxylation is 1. The van der Waals surface area contributed by atoms with Crippen molar-refractivity contribution in [3.8, 4) is 11.5 Å². The van der Waals surface area contributed by atoms with Crippen molar-refractivity contribution in [2.75, 3.05) is 6.61 Å². The first-order valence-corrected chi connectivity index (χ1v) is 12.9. The van der Waals surface area contributed by atoms with Gasteiger partial charge in [-0.2, -0.15) is 0 Å². The molecule has 9 nitrogen and oxygen atoms in total. The number of carboxylic acid groups (broad SMARTS) is 1. The average molecular weight is 519 g/mol. The van der Waals surface area contributed by atoms with Crippen LogP contribution in [-0.4, -0.2) is 68.5 Å². The van der Waals surface area contributed by atoms with Gasteiger partial charge in [-0.3, -0.25) is 0 Å². The number of hydrogen-bond donors (Lipinski definition) is 5. The summed E-state index contributed by atoms with van der Waals surface area (Å²) in [6, 6.07) is 1.78. The fraction of sp³-hybridized carbons (Fsp3) is 0.607. The molecule has 5 N–H and O–H groups in total. The lowest BCUT2D eigenvalue weighted by molar-refractivity contribution is -0.313. The number of benzene rings is 1. The van der Waals surface area contributed by atoms with E-state index in [0.717, 1.165) is 12.8 Å². The second-order valence-corrected chi connectivity index (χ2v) is 10.9. The number of aliphatic hydroxyl groups excluding tert-OH is 4. The number of aliphatic hydroxyl groups is 4. The first-order valence-electron chi connectivity index (χ1n) is 12.9. The molecule has 1 fully saturated rings. The minimum absolute atomic E-state index is 0.0364. The maximum absolute atomic E-state index is 12.7. The van der Waals surface area contributed by atoms with Crippen molar-refractivity contribution in [2.45, 2.75) is 89.2 Å². The molecule has 3 aliphatic rings. The zero-order valence-electron chi connectivity index (χ0n) is 21.6. The number of aromatic carboxylic acids is 1. The summed E-state index contributed by atoms with van der Waals surface area (Å²) in [6.07, 6.45) is 1.07. The summed E-state index contributed by atoms with van der Waals surface area (Å²) in [5.41, 5.74) is 1.71. The molecule has 1 aromatic carbocycles. The summed E-state index contributed by atoms with van der Waals surface area (Å²) < 4.78 is 18.2. The Morgan fingerprint density at radius 1 is 1.27 bits per heavy atom. The molecule has 7 atom stereocenters. The van der Waals surface area contributed by atoms with Crippen molar-refractivity contribution >= 4 is 5.97 Å². The highest BCUT2D eigenvalue weighted by atomic mass is 16.7. The monoisotopic (exact) mass is 518 g/mol. The highest BCUT2D eigenvalue weighted by Crippen LogP contribution is 2.55. The van der Waals surface area contributed by atoms with Gasteiger partial charge in [0.1, 0.15) is 28.8 Å². The van der Waals surface area contributed by atoms with Crippen LogP contribution in [0.3, 0.4) is 0 Å². The van der Waals surface area contributed by atoms with E-state index in [1.165, 1.54) is 5.57 Å². The van der Waals surface area contributed by atoms with E-state index >= 15 is 0 Å². The Hall–Kier alpha value is -2.43. The summed E-state index contributed by atoms with van der Waals surface area (Å²) in [5, 5.41) is 51.0. The van der Waals surface area contributed by atoms with Crippen LogP contribution in [0.1, 0.15) is 73.9 Å². The van der Waals surface area contributed by atoms with E-state index in [-0.39, 0.29) is 23.1 Å². The number of carboxylic acids is 1. The van der Waals surface area contributed by atoms with Gasteiger partial charge in [0.25, 0.3) is 0 Å². The van der Waals surface area contributed by atoms with Crippen LogP contribution >= 0.6 is 0 Å². The highest BCUT2D eigenvalue weighted by molar-refractivity contribution is 5.94. The number of rotatable bonds is 8. The van der Waals surface area contributed by atoms with Gasteiger partial charge in [0.05, 0.1) is 18.6 Å². The molecule has 0 bridgehead atoms. The quantitative estimate of drug-likeness (QED) is 0.259. The van der Waals surface area contributed by atoms with E-state index in [9.17, 15) is 30.3 Å². The molecule has 2 aliphatic heterocycles. The van der Waals surface area contributed by atoms with Gasteiger partial charge in [0.15, 0.2) is 6.29 Å². The SMILES string of the molecule is C=CCCCc1cc2c(c(OC3O[C@H](O)[C@@H](O)[C@H](O)[C@H]3CO)c1C(=O)O)[C@@H]1C=C(C)CC[C@H]1C(C)(C)O2. The lowest BCUT2D eigenvalue weighted by Gasteiger charge is -2.47. The molecule has 1 unspecified atom stereocenters. The molecule has 9 heteroatoms. The third-order valence-corrected chi connectivity index (χ3v) is 7.93. The Morgan fingerprint density at radius 2 is 2.00 bits per heavy atom. The second kappa shape index (κ2) is 10.7. The topological polar surface area (TPSA) is 146 Å². The van der Waals surface area contributed by atoms with Crippen LogP contribution in [-0.2, 0) is 11.2 Å². The predicted octanol–water partition coefficient (Wildman–Crippen LogP) is 2.89. The Labute approximate surface area is 217 Å².